The third-order valence-electron chi connectivity index (χ3n) is 2.18. The van der Waals surface area contributed by atoms with Crippen molar-refractivity contribution < 1.29 is 0 Å². The normalized spacial score (nSPS) is 28.3. The van der Waals surface area contributed by atoms with E-state index in [9.17, 15) is 0 Å². The number of hydrogen-bond donors (Lipinski definition) is 0. The largest absolute Gasteiger partial charge is 0.125 e. The number of rotatable bonds is 3. The van der Waals surface area contributed by atoms with Crippen molar-refractivity contribution in [2.24, 2.45) is 5.41 Å². The molecule has 1 aliphatic carbocycles. The lowest BCUT2D eigenvalue weighted by molar-refractivity contribution is 0.563. The average Bonchev–Trinajstić information content (AvgIpc) is 2.18. The van der Waals surface area contributed by atoms with Crippen LogP contribution in [0.5, 0.6) is 0 Å². The summed E-state index contributed by atoms with van der Waals surface area (Å²) in [5.41, 5.74) is 1.12. The summed E-state index contributed by atoms with van der Waals surface area (Å²) in [6, 6.07) is 0. The van der Waals surface area contributed by atoms with Gasteiger partial charge in [0, 0.05) is 17.2 Å². The van der Waals surface area contributed by atoms with E-state index in [4.69, 9.17) is 23.2 Å². The van der Waals surface area contributed by atoms with Crippen molar-refractivity contribution in [2.45, 2.75) is 6.42 Å². The van der Waals surface area contributed by atoms with Gasteiger partial charge in [0.1, 0.15) is 0 Å². The molecular formula is C10H12Cl2. The van der Waals surface area contributed by atoms with Gasteiger partial charge in [-0.05, 0) is 12.0 Å². The van der Waals surface area contributed by atoms with Crippen LogP contribution in [0.25, 0.3) is 0 Å². The van der Waals surface area contributed by atoms with Crippen molar-refractivity contribution in [3.8, 4) is 0 Å². The van der Waals surface area contributed by atoms with Gasteiger partial charge >= 0.3 is 0 Å². The molecule has 0 spiro atoms. The third-order valence-corrected chi connectivity index (χ3v) is 2.99. The molecule has 0 heterocycles. The summed E-state index contributed by atoms with van der Waals surface area (Å²) in [4.78, 5) is 0. The van der Waals surface area contributed by atoms with Crippen molar-refractivity contribution in [3.05, 3.63) is 36.5 Å². The minimum Gasteiger partial charge on any atom is -0.125 e. The SMILES string of the molecule is C=CC1(CCl)C=CC(CCl)=CC1. The smallest absolute Gasteiger partial charge is 0.0470 e. The Hall–Kier alpha value is -0.200. The van der Waals surface area contributed by atoms with Crippen LogP contribution in [-0.4, -0.2) is 11.8 Å². The zero-order chi connectivity index (χ0) is 9.03. The highest BCUT2D eigenvalue weighted by atomic mass is 35.5. The lowest BCUT2D eigenvalue weighted by atomic mass is 9.82. The summed E-state index contributed by atoms with van der Waals surface area (Å²) in [5.74, 6) is 1.16. The molecule has 0 aliphatic heterocycles. The van der Waals surface area contributed by atoms with Crippen molar-refractivity contribution in [1.29, 1.82) is 0 Å². The van der Waals surface area contributed by atoms with Gasteiger partial charge in [0.15, 0.2) is 0 Å². The highest BCUT2D eigenvalue weighted by molar-refractivity contribution is 6.19. The van der Waals surface area contributed by atoms with Gasteiger partial charge in [-0.2, -0.15) is 0 Å². The van der Waals surface area contributed by atoms with Crippen LogP contribution in [0.4, 0.5) is 0 Å². The van der Waals surface area contributed by atoms with Crippen molar-refractivity contribution in [1.82, 2.24) is 0 Å². The molecule has 0 aromatic carbocycles. The maximum Gasteiger partial charge on any atom is 0.0470 e. The zero-order valence-corrected chi connectivity index (χ0v) is 8.41. The molecule has 0 aromatic heterocycles. The fourth-order valence-corrected chi connectivity index (χ4v) is 1.64. The molecule has 0 fully saturated rings. The molecule has 0 bridgehead atoms. The van der Waals surface area contributed by atoms with Crippen LogP contribution >= 0.6 is 23.2 Å². The van der Waals surface area contributed by atoms with Gasteiger partial charge in [-0.25, -0.2) is 0 Å². The Balaban J connectivity index is 2.74. The quantitative estimate of drug-likeness (QED) is 0.486. The highest BCUT2D eigenvalue weighted by Crippen LogP contribution is 2.32. The standard InChI is InChI=1S/C10H12Cl2/c1-2-10(8-12)5-3-9(7-11)4-6-10/h2-5H,1,6-8H2. The number of allylic oxidation sites excluding steroid dienone is 5. The Bertz CT molecular complexity index is 228. The van der Waals surface area contributed by atoms with Gasteiger partial charge in [0.2, 0.25) is 0 Å². The summed E-state index contributed by atoms with van der Waals surface area (Å²) >= 11 is 11.5. The Kier molecular flexibility index (Phi) is 3.42. The molecule has 1 unspecified atom stereocenters. The molecule has 1 atom stereocenters. The molecule has 12 heavy (non-hydrogen) atoms. The molecule has 0 aromatic rings. The predicted molar refractivity (Wildman–Crippen MR) is 55.9 cm³/mol. The molecule has 0 nitrogen and oxygen atoms in total. The molecule has 66 valence electrons. The van der Waals surface area contributed by atoms with Gasteiger partial charge in [-0.3, -0.25) is 0 Å². The molecule has 0 N–H and O–H groups in total. The summed E-state index contributed by atoms with van der Waals surface area (Å²) in [6.45, 7) is 3.78. The summed E-state index contributed by atoms with van der Waals surface area (Å²) < 4.78 is 0. The first-order valence-corrected chi connectivity index (χ1v) is 4.97. The topological polar surface area (TPSA) is 0 Å². The van der Waals surface area contributed by atoms with E-state index in [-0.39, 0.29) is 5.41 Å². The predicted octanol–water partition coefficient (Wildman–Crippen LogP) is 3.52. The van der Waals surface area contributed by atoms with Crippen LogP contribution in [0.3, 0.4) is 0 Å². The lowest BCUT2D eigenvalue weighted by Crippen LogP contribution is -2.18. The van der Waals surface area contributed by atoms with E-state index in [0.717, 1.165) is 6.42 Å². The van der Waals surface area contributed by atoms with Gasteiger partial charge < -0.3 is 0 Å². The van der Waals surface area contributed by atoms with E-state index < -0.39 is 0 Å². The number of alkyl halides is 2. The zero-order valence-electron chi connectivity index (χ0n) is 6.89. The van der Waals surface area contributed by atoms with Crippen LogP contribution in [-0.2, 0) is 0 Å². The van der Waals surface area contributed by atoms with Gasteiger partial charge in [-0.1, -0.05) is 24.3 Å². The summed E-state index contributed by atoms with van der Waals surface area (Å²) in [7, 11) is 0. The molecule has 2 heteroatoms. The maximum atomic E-state index is 5.84. The first-order chi connectivity index (χ1) is 5.76. The maximum absolute atomic E-state index is 5.84. The van der Waals surface area contributed by atoms with Gasteiger partial charge in [-0.15, -0.1) is 29.8 Å². The molecule has 1 rings (SSSR count). The molecule has 0 saturated heterocycles. The second-order valence-electron chi connectivity index (χ2n) is 3.02. The number of hydrogen-bond acceptors (Lipinski definition) is 0. The first-order valence-electron chi connectivity index (χ1n) is 3.90. The van der Waals surface area contributed by atoms with E-state index in [1.807, 2.05) is 12.2 Å². The highest BCUT2D eigenvalue weighted by Gasteiger charge is 2.22. The first kappa shape index (κ1) is 9.88. The monoisotopic (exact) mass is 202 g/mol. The van der Waals surface area contributed by atoms with E-state index in [1.165, 1.54) is 5.57 Å². The Morgan fingerprint density at radius 3 is 2.67 bits per heavy atom. The molecule has 1 aliphatic rings. The second-order valence-corrected chi connectivity index (χ2v) is 3.56. The van der Waals surface area contributed by atoms with Gasteiger partial charge in [0.05, 0.1) is 0 Å². The van der Waals surface area contributed by atoms with Crippen LogP contribution in [0, 0.1) is 5.41 Å². The Morgan fingerprint density at radius 2 is 2.33 bits per heavy atom. The van der Waals surface area contributed by atoms with Crippen LogP contribution in [0.2, 0.25) is 0 Å². The van der Waals surface area contributed by atoms with Crippen LogP contribution < -0.4 is 0 Å². The minimum absolute atomic E-state index is 0.0445. The van der Waals surface area contributed by atoms with E-state index >= 15 is 0 Å². The second kappa shape index (κ2) is 4.15. The fraction of sp³-hybridized carbons (Fsp3) is 0.400. The minimum atomic E-state index is -0.0445. The summed E-state index contributed by atoms with van der Waals surface area (Å²) in [6.07, 6.45) is 9.05. The summed E-state index contributed by atoms with van der Waals surface area (Å²) in [5, 5.41) is 0. The molecular weight excluding hydrogens is 191 g/mol. The average molecular weight is 203 g/mol. The van der Waals surface area contributed by atoms with Crippen molar-refractivity contribution >= 4 is 23.2 Å². The van der Waals surface area contributed by atoms with Gasteiger partial charge in [0.25, 0.3) is 0 Å². The van der Waals surface area contributed by atoms with Crippen molar-refractivity contribution in [2.75, 3.05) is 11.8 Å². The fourth-order valence-electron chi connectivity index (χ4n) is 1.13. The molecule has 0 saturated carbocycles. The van der Waals surface area contributed by atoms with Crippen molar-refractivity contribution in [3.63, 3.8) is 0 Å². The van der Waals surface area contributed by atoms with E-state index in [0.29, 0.717) is 11.8 Å². The number of halogens is 2. The Labute approximate surface area is 83.6 Å². The van der Waals surface area contributed by atoms with E-state index in [1.54, 1.807) is 0 Å². The molecule has 0 amide bonds. The van der Waals surface area contributed by atoms with Crippen LogP contribution in [0.1, 0.15) is 6.42 Å². The Morgan fingerprint density at radius 1 is 1.58 bits per heavy atom. The third kappa shape index (κ3) is 1.94. The van der Waals surface area contributed by atoms with Crippen LogP contribution in [0.15, 0.2) is 36.5 Å². The lowest BCUT2D eigenvalue weighted by Gasteiger charge is -2.25. The van der Waals surface area contributed by atoms with E-state index in [2.05, 4.69) is 18.7 Å². The molecule has 0 radical (unpaired) electrons.